The van der Waals surface area contributed by atoms with Gasteiger partial charge in [-0.2, -0.15) is 0 Å². The summed E-state index contributed by atoms with van der Waals surface area (Å²) in [6.07, 6.45) is 4.81. The highest BCUT2D eigenvalue weighted by atomic mass is 16.5. The van der Waals surface area contributed by atoms with Crippen molar-refractivity contribution in [3.8, 4) is 17.1 Å². The number of hydrogen-bond acceptors (Lipinski definition) is 6. The van der Waals surface area contributed by atoms with Gasteiger partial charge in [-0.1, -0.05) is 23.4 Å². The Morgan fingerprint density at radius 1 is 1.14 bits per heavy atom. The van der Waals surface area contributed by atoms with Gasteiger partial charge in [0.1, 0.15) is 17.2 Å². The molecule has 1 aromatic carbocycles. The Morgan fingerprint density at radius 3 is 2.75 bits per heavy atom. The first-order valence-electron chi connectivity index (χ1n) is 9.34. The highest BCUT2D eigenvalue weighted by Gasteiger charge is 2.29. The molecule has 0 bridgehead atoms. The van der Waals surface area contributed by atoms with Crippen LogP contribution in [0.15, 0.2) is 54.9 Å². The number of methoxy groups -OCH3 is 1. The lowest BCUT2D eigenvalue weighted by Crippen LogP contribution is -2.29. The van der Waals surface area contributed by atoms with Crippen molar-refractivity contribution in [3.63, 3.8) is 0 Å². The normalized spacial score (nSPS) is 19.5. The van der Waals surface area contributed by atoms with Gasteiger partial charge in [0.2, 0.25) is 0 Å². The molecule has 0 radical (unpaired) electrons. The van der Waals surface area contributed by atoms with E-state index in [-0.39, 0.29) is 18.0 Å². The van der Waals surface area contributed by atoms with Crippen LogP contribution in [0.2, 0.25) is 0 Å². The maximum Gasteiger partial charge on any atom is 0.138 e. The molecular weight excluding hydrogens is 356 g/mol. The van der Waals surface area contributed by atoms with Gasteiger partial charge in [0.15, 0.2) is 0 Å². The minimum atomic E-state index is -0.211. The smallest absolute Gasteiger partial charge is 0.138 e. The molecule has 1 aliphatic rings. The van der Waals surface area contributed by atoms with Crippen molar-refractivity contribution in [3.05, 3.63) is 60.4 Å². The molecule has 0 spiro atoms. The Bertz CT molecular complexity index is 924. The molecule has 28 heavy (non-hydrogen) atoms. The number of carbonyl (C=O) groups is 1. The Kier molecular flexibility index (Phi) is 5.43. The summed E-state index contributed by atoms with van der Waals surface area (Å²) in [6.45, 7) is 0.632. The molecule has 0 saturated carbocycles. The van der Waals surface area contributed by atoms with Crippen LogP contribution in [0.1, 0.15) is 30.9 Å². The second-order valence-electron chi connectivity index (χ2n) is 6.84. The van der Waals surface area contributed by atoms with Gasteiger partial charge in [0.05, 0.1) is 31.2 Å². The highest BCUT2D eigenvalue weighted by molar-refractivity contribution is 5.80. The molecule has 0 amide bonds. The van der Waals surface area contributed by atoms with Crippen LogP contribution in [-0.4, -0.2) is 39.0 Å². The maximum atomic E-state index is 12.2. The third kappa shape index (κ3) is 4.26. The van der Waals surface area contributed by atoms with E-state index in [4.69, 9.17) is 9.47 Å². The third-order valence-corrected chi connectivity index (χ3v) is 4.86. The van der Waals surface area contributed by atoms with E-state index in [2.05, 4.69) is 15.3 Å². The van der Waals surface area contributed by atoms with Crippen molar-refractivity contribution in [1.29, 1.82) is 0 Å². The lowest BCUT2D eigenvalue weighted by molar-refractivity contribution is -0.136. The molecule has 2 aromatic heterocycles. The first-order valence-corrected chi connectivity index (χ1v) is 9.34. The Labute approximate surface area is 163 Å². The molecule has 144 valence electrons. The van der Waals surface area contributed by atoms with Gasteiger partial charge in [0, 0.05) is 25.6 Å². The summed E-state index contributed by atoms with van der Waals surface area (Å²) in [6, 6.07) is 13.4. The topological polar surface area (TPSA) is 79.1 Å². The average molecular weight is 378 g/mol. The van der Waals surface area contributed by atoms with Crippen LogP contribution in [-0.2, 0) is 16.1 Å². The predicted molar refractivity (Wildman–Crippen MR) is 103 cm³/mol. The third-order valence-electron chi connectivity index (χ3n) is 4.86. The lowest BCUT2D eigenvalue weighted by atomic mass is 9.96. The minimum absolute atomic E-state index is 0.129. The number of hydrogen-bond donors (Lipinski definition) is 0. The molecule has 0 unspecified atom stereocenters. The number of aryl methyl sites for hydroxylation is 1. The van der Waals surface area contributed by atoms with E-state index in [0.717, 1.165) is 22.7 Å². The number of aromatic nitrogens is 4. The molecule has 7 nitrogen and oxygen atoms in total. The monoisotopic (exact) mass is 378 g/mol. The molecule has 0 aliphatic carbocycles. The van der Waals surface area contributed by atoms with Crippen molar-refractivity contribution >= 4 is 5.78 Å². The van der Waals surface area contributed by atoms with Crippen LogP contribution in [0.4, 0.5) is 0 Å². The number of carbonyl (C=O) groups excluding carboxylic acids is 1. The van der Waals surface area contributed by atoms with E-state index >= 15 is 0 Å². The summed E-state index contributed by atoms with van der Waals surface area (Å²) in [7, 11) is 1.63. The number of ether oxygens (including phenoxy) is 2. The Balaban J connectivity index is 1.38. The van der Waals surface area contributed by atoms with Crippen LogP contribution in [0.3, 0.4) is 0 Å². The van der Waals surface area contributed by atoms with E-state index in [0.29, 0.717) is 25.8 Å². The number of benzene rings is 1. The Morgan fingerprint density at radius 2 is 2.00 bits per heavy atom. The summed E-state index contributed by atoms with van der Waals surface area (Å²) in [5.74, 6) is 1.02. The standard InChI is InChI=1S/C21H22N4O3/c1-27-17-7-5-15(6-8-17)21-13-16(26)12-18(28-21)9-11-25-14-20(23-24-25)19-4-2-3-10-22-19/h2-8,10,14,18,21H,9,11-13H2,1H3/t18-,21-/m1/s1. The van der Waals surface area contributed by atoms with E-state index < -0.39 is 0 Å². The number of ketones is 1. The molecule has 1 aliphatic heterocycles. The largest absolute Gasteiger partial charge is 0.497 e. The number of Topliss-reactive ketones (excluding diaryl/α,β-unsaturated/α-hetero) is 1. The van der Waals surface area contributed by atoms with Gasteiger partial charge in [0.25, 0.3) is 0 Å². The summed E-state index contributed by atoms with van der Waals surface area (Å²) < 4.78 is 13.2. The first kappa shape index (κ1) is 18.3. The highest BCUT2D eigenvalue weighted by Crippen LogP contribution is 2.31. The van der Waals surface area contributed by atoms with E-state index in [1.165, 1.54) is 0 Å². The number of pyridine rings is 1. The van der Waals surface area contributed by atoms with Crippen molar-refractivity contribution < 1.29 is 14.3 Å². The van der Waals surface area contributed by atoms with E-state index in [1.54, 1.807) is 18.0 Å². The molecule has 2 atom stereocenters. The van der Waals surface area contributed by atoms with Crippen molar-refractivity contribution in [2.45, 2.75) is 38.0 Å². The minimum Gasteiger partial charge on any atom is -0.497 e. The van der Waals surface area contributed by atoms with Crippen LogP contribution in [0, 0.1) is 0 Å². The number of nitrogens with zero attached hydrogens (tertiary/aromatic N) is 4. The van der Waals surface area contributed by atoms with Gasteiger partial charge < -0.3 is 9.47 Å². The summed E-state index contributed by atoms with van der Waals surface area (Å²) in [4.78, 5) is 16.5. The fourth-order valence-electron chi connectivity index (χ4n) is 3.37. The predicted octanol–water partition coefficient (Wildman–Crippen LogP) is 3.23. The SMILES string of the molecule is COc1ccc([C@H]2CC(=O)C[C@@H](CCn3cc(-c4ccccn4)nn3)O2)cc1. The number of rotatable bonds is 6. The first-order chi connectivity index (χ1) is 13.7. The van der Waals surface area contributed by atoms with Crippen molar-refractivity contribution in [2.75, 3.05) is 7.11 Å². The zero-order valence-electron chi connectivity index (χ0n) is 15.7. The molecule has 3 aromatic rings. The molecule has 4 rings (SSSR count). The molecule has 1 fully saturated rings. The molecule has 7 heteroatoms. The van der Waals surface area contributed by atoms with E-state index in [1.807, 2.05) is 48.7 Å². The van der Waals surface area contributed by atoms with Gasteiger partial charge in [-0.25, -0.2) is 0 Å². The van der Waals surface area contributed by atoms with Crippen LogP contribution in [0.25, 0.3) is 11.4 Å². The zero-order chi connectivity index (χ0) is 19.3. The van der Waals surface area contributed by atoms with Gasteiger partial charge in [-0.15, -0.1) is 5.10 Å². The van der Waals surface area contributed by atoms with Crippen molar-refractivity contribution in [2.24, 2.45) is 0 Å². The van der Waals surface area contributed by atoms with Gasteiger partial charge in [-0.05, 0) is 36.2 Å². The van der Waals surface area contributed by atoms with Gasteiger partial charge >= 0.3 is 0 Å². The lowest BCUT2D eigenvalue weighted by Gasteiger charge is -2.29. The summed E-state index contributed by atoms with van der Waals surface area (Å²) >= 11 is 0. The molecular formula is C21H22N4O3. The van der Waals surface area contributed by atoms with Crippen LogP contribution in [0.5, 0.6) is 5.75 Å². The maximum absolute atomic E-state index is 12.2. The van der Waals surface area contributed by atoms with Crippen LogP contribution >= 0.6 is 0 Å². The van der Waals surface area contributed by atoms with Crippen LogP contribution < -0.4 is 4.74 Å². The molecule has 0 N–H and O–H groups in total. The summed E-state index contributed by atoms with van der Waals surface area (Å²) in [5, 5.41) is 8.34. The second-order valence-corrected chi connectivity index (χ2v) is 6.84. The van der Waals surface area contributed by atoms with E-state index in [9.17, 15) is 4.79 Å². The molecule has 3 heterocycles. The fraction of sp³-hybridized carbons (Fsp3) is 0.333. The average Bonchev–Trinajstić information content (AvgIpc) is 3.22. The second kappa shape index (κ2) is 8.31. The molecule has 1 saturated heterocycles. The van der Waals surface area contributed by atoms with Crippen molar-refractivity contribution in [1.82, 2.24) is 20.0 Å². The zero-order valence-corrected chi connectivity index (χ0v) is 15.7. The summed E-state index contributed by atoms with van der Waals surface area (Å²) in [5.41, 5.74) is 2.52. The Hall–Kier alpha value is -3.06. The van der Waals surface area contributed by atoms with Gasteiger partial charge in [-0.3, -0.25) is 14.5 Å². The quantitative estimate of drug-likeness (QED) is 0.655. The fourth-order valence-corrected chi connectivity index (χ4v) is 3.37.